The van der Waals surface area contributed by atoms with Crippen LogP contribution in [0, 0.1) is 0 Å². The molecule has 0 aliphatic rings. The third-order valence-electron chi connectivity index (χ3n) is 6.57. The Morgan fingerprint density at radius 3 is 0.911 bits per heavy atom. The Balaban J connectivity index is 1.05. The SMILES string of the molecule is Nc1cccc(Oc2ccc(Oc3ccc(S(=O)(=O)c4ccc(Oc5ccc(Oc6cccc(N)c6)cc5)cc4)cc3)cc2)c1. The molecule has 0 fully saturated rings. The van der Waals surface area contributed by atoms with Crippen molar-refractivity contribution in [2.45, 2.75) is 9.79 Å². The van der Waals surface area contributed by atoms with E-state index >= 15 is 0 Å². The molecule has 6 aromatic carbocycles. The summed E-state index contributed by atoms with van der Waals surface area (Å²) in [6.45, 7) is 0. The molecular weight excluding hydrogens is 588 g/mol. The molecular formula is C36H28N2O6S. The first-order valence-corrected chi connectivity index (χ1v) is 15.4. The van der Waals surface area contributed by atoms with Crippen molar-refractivity contribution in [2.24, 2.45) is 0 Å². The van der Waals surface area contributed by atoms with Crippen LogP contribution in [0.3, 0.4) is 0 Å². The molecule has 0 saturated heterocycles. The summed E-state index contributed by atoms with van der Waals surface area (Å²) in [6, 6.07) is 41.0. The average Bonchev–Trinajstić information content (AvgIpc) is 3.04. The van der Waals surface area contributed by atoms with E-state index in [1.165, 1.54) is 24.3 Å². The molecule has 0 aliphatic heterocycles. The van der Waals surface area contributed by atoms with E-state index in [-0.39, 0.29) is 9.79 Å². The van der Waals surface area contributed by atoms with Gasteiger partial charge in [-0.3, -0.25) is 0 Å². The molecule has 6 aromatic rings. The van der Waals surface area contributed by atoms with Gasteiger partial charge in [-0.25, -0.2) is 8.42 Å². The first-order valence-electron chi connectivity index (χ1n) is 13.9. The molecule has 45 heavy (non-hydrogen) atoms. The lowest BCUT2D eigenvalue weighted by molar-refractivity contribution is 0.469. The van der Waals surface area contributed by atoms with Crippen LogP contribution in [-0.4, -0.2) is 8.42 Å². The summed E-state index contributed by atoms with van der Waals surface area (Å²) in [5.74, 6) is 4.66. The second-order valence-electron chi connectivity index (χ2n) is 9.94. The van der Waals surface area contributed by atoms with Crippen molar-refractivity contribution in [1.82, 2.24) is 0 Å². The Morgan fingerprint density at radius 1 is 0.356 bits per heavy atom. The molecule has 0 heterocycles. The number of nitrogen functional groups attached to an aromatic ring is 2. The van der Waals surface area contributed by atoms with Gasteiger partial charge in [-0.15, -0.1) is 0 Å². The lowest BCUT2D eigenvalue weighted by atomic mass is 10.3. The first-order chi connectivity index (χ1) is 21.8. The van der Waals surface area contributed by atoms with Crippen LogP contribution < -0.4 is 30.4 Å². The Hall–Kier alpha value is -5.93. The van der Waals surface area contributed by atoms with Crippen LogP contribution in [0.2, 0.25) is 0 Å². The maximum Gasteiger partial charge on any atom is 0.206 e. The zero-order chi connectivity index (χ0) is 31.2. The van der Waals surface area contributed by atoms with Gasteiger partial charge in [0.1, 0.15) is 46.0 Å². The van der Waals surface area contributed by atoms with Gasteiger partial charge >= 0.3 is 0 Å². The number of hydrogen-bond donors (Lipinski definition) is 2. The van der Waals surface area contributed by atoms with Crippen molar-refractivity contribution in [2.75, 3.05) is 11.5 Å². The molecule has 224 valence electrons. The maximum absolute atomic E-state index is 13.3. The van der Waals surface area contributed by atoms with Gasteiger partial charge in [-0.05, 0) is 121 Å². The van der Waals surface area contributed by atoms with E-state index in [0.29, 0.717) is 57.4 Å². The summed E-state index contributed by atoms with van der Waals surface area (Å²) >= 11 is 0. The van der Waals surface area contributed by atoms with Gasteiger partial charge in [-0.1, -0.05) is 12.1 Å². The molecule has 9 heteroatoms. The standard InChI is InChI=1S/C36H28N2O6S/c37-25-3-1-5-33(23-25)43-29-11-7-27(8-12-29)41-31-15-19-35(20-16-31)45(39,40)36-21-17-32(18-22-36)42-28-9-13-30(14-10-28)44-34-6-2-4-26(38)24-34/h1-24H,37-38H2. The van der Waals surface area contributed by atoms with E-state index in [9.17, 15) is 8.42 Å². The summed E-state index contributed by atoms with van der Waals surface area (Å²) in [7, 11) is -3.76. The molecule has 8 nitrogen and oxygen atoms in total. The number of rotatable bonds is 10. The number of sulfone groups is 1. The molecule has 0 spiro atoms. The van der Waals surface area contributed by atoms with Gasteiger partial charge in [0.15, 0.2) is 0 Å². The Labute approximate surface area is 260 Å². The Kier molecular flexibility index (Phi) is 8.26. The normalized spacial score (nSPS) is 11.0. The number of hydrogen-bond acceptors (Lipinski definition) is 8. The number of ether oxygens (including phenoxy) is 4. The summed E-state index contributed by atoms with van der Waals surface area (Å²) in [5, 5.41) is 0. The minimum atomic E-state index is -3.76. The van der Waals surface area contributed by atoms with E-state index in [4.69, 9.17) is 30.4 Å². The molecule has 0 bridgehead atoms. The van der Waals surface area contributed by atoms with Crippen molar-refractivity contribution in [3.63, 3.8) is 0 Å². The van der Waals surface area contributed by atoms with Crippen LogP contribution >= 0.6 is 0 Å². The largest absolute Gasteiger partial charge is 0.457 e. The van der Waals surface area contributed by atoms with E-state index in [0.717, 1.165) is 0 Å². The zero-order valence-electron chi connectivity index (χ0n) is 23.9. The molecule has 0 saturated carbocycles. The van der Waals surface area contributed by atoms with Crippen molar-refractivity contribution < 1.29 is 27.4 Å². The molecule has 6 rings (SSSR count). The summed E-state index contributed by atoms with van der Waals surface area (Å²) in [5.41, 5.74) is 12.8. The minimum Gasteiger partial charge on any atom is -0.457 e. The molecule has 0 amide bonds. The van der Waals surface area contributed by atoms with Crippen molar-refractivity contribution >= 4 is 21.2 Å². The predicted molar refractivity (Wildman–Crippen MR) is 173 cm³/mol. The highest BCUT2D eigenvalue weighted by atomic mass is 32.2. The highest BCUT2D eigenvalue weighted by Crippen LogP contribution is 2.31. The van der Waals surface area contributed by atoms with Gasteiger partial charge in [0.2, 0.25) is 9.84 Å². The lowest BCUT2D eigenvalue weighted by Gasteiger charge is -2.11. The van der Waals surface area contributed by atoms with Gasteiger partial charge < -0.3 is 30.4 Å². The average molecular weight is 617 g/mol. The molecule has 0 aromatic heterocycles. The fourth-order valence-electron chi connectivity index (χ4n) is 4.36. The summed E-state index contributed by atoms with van der Waals surface area (Å²) in [6.07, 6.45) is 0. The third kappa shape index (κ3) is 7.35. The number of anilines is 2. The Bertz CT molecular complexity index is 1870. The molecule has 0 atom stereocenters. The van der Waals surface area contributed by atoms with Crippen molar-refractivity contribution in [3.05, 3.63) is 146 Å². The van der Waals surface area contributed by atoms with Gasteiger partial charge in [0, 0.05) is 23.5 Å². The molecule has 0 aliphatic carbocycles. The van der Waals surface area contributed by atoms with Crippen LogP contribution in [0.1, 0.15) is 0 Å². The van der Waals surface area contributed by atoms with E-state index in [1.54, 1.807) is 97.1 Å². The molecule has 0 radical (unpaired) electrons. The van der Waals surface area contributed by atoms with E-state index < -0.39 is 9.84 Å². The molecule has 4 N–H and O–H groups in total. The smallest absolute Gasteiger partial charge is 0.206 e. The zero-order valence-corrected chi connectivity index (χ0v) is 24.7. The number of nitrogens with two attached hydrogens (primary N) is 2. The quantitative estimate of drug-likeness (QED) is 0.146. The highest BCUT2D eigenvalue weighted by molar-refractivity contribution is 7.91. The van der Waals surface area contributed by atoms with E-state index in [2.05, 4.69) is 0 Å². The van der Waals surface area contributed by atoms with Crippen LogP contribution in [0.25, 0.3) is 0 Å². The van der Waals surface area contributed by atoms with Gasteiger partial charge in [-0.2, -0.15) is 0 Å². The minimum absolute atomic E-state index is 0.144. The molecule has 0 unspecified atom stereocenters. The van der Waals surface area contributed by atoms with Crippen LogP contribution in [-0.2, 0) is 9.84 Å². The van der Waals surface area contributed by atoms with Gasteiger partial charge in [0.05, 0.1) is 9.79 Å². The maximum atomic E-state index is 13.3. The first kappa shape index (κ1) is 29.2. The number of benzene rings is 6. The fourth-order valence-corrected chi connectivity index (χ4v) is 5.62. The monoisotopic (exact) mass is 616 g/mol. The second-order valence-corrected chi connectivity index (χ2v) is 11.9. The second kappa shape index (κ2) is 12.7. The Morgan fingerprint density at radius 2 is 0.622 bits per heavy atom. The van der Waals surface area contributed by atoms with E-state index in [1.807, 2.05) is 24.3 Å². The fraction of sp³-hybridized carbons (Fsp3) is 0. The third-order valence-corrected chi connectivity index (χ3v) is 8.36. The van der Waals surface area contributed by atoms with Crippen LogP contribution in [0.4, 0.5) is 11.4 Å². The van der Waals surface area contributed by atoms with Crippen molar-refractivity contribution in [1.29, 1.82) is 0 Å². The predicted octanol–water partition coefficient (Wildman–Crippen LogP) is 8.85. The lowest BCUT2D eigenvalue weighted by Crippen LogP contribution is -2.01. The van der Waals surface area contributed by atoms with Crippen LogP contribution in [0.15, 0.2) is 155 Å². The van der Waals surface area contributed by atoms with Gasteiger partial charge in [0.25, 0.3) is 0 Å². The summed E-state index contributed by atoms with van der Waals surface area (Å²) in [4.78, 5) is 0.287. The van der Waals surface area contributed by atoms with Crippen molar-refractivity contribution in [3.8, 4) is 46.0 Å². The van der Waals surface area contributed by atoms with Crippen LogP contribution in [0.5, 0.6) is 46.0 Å². The topological polar surface area (TPSA) is 123 Å². The highest BCUT2D eigenvalue weighted by Gasteiger charge is 2.18. The summed E-state index contributed by atoms with van der Waals surface area (Å²) < 4.78 is 49.9.